The van der Waals surface area contributed by atoms with E-state index in [1.165, 1.54) is 4.90 Å². The largest absolute Gasteiger partial charge is 0.372 e. The van der Waals surface area contributed by atoms with Crippen molar-refractivity contribution in [2.75, 3.05) is 26.4 Å². The summed E-state index contributed by atoms with van der Waals surface area (Å²) in [7, 11) is 0. The average Bonchev–Trinajstić information content (AvgIpc) is 2.05. The van der Waals surface area contributed by atoms with Crippen LogP contribution < -0.4 is 0 Å². The van der Waals surface area contributed by atoms with Gasteiger partial charge in [0.25, 0.3) is 0 Å². The molecule has 0 unspecified atom stereocenters. The van der Waals surface area contributed by atoms with E-state index in [9.17, 15) is 9.18 Å². The van der Waals surface area contributed by atoms with Crippen LogP contribution >= 0.6 is 0 Å². The molecular formula is C6H10FNO2. The number of carbonyl (C=O) groups excluding carboxylic acids is 1. The standard InChI is InChI=1S/C6H10FNO2/c7-3-6-4-8(5-9)1-2-10-6/h5-6H,1-4H2/t6-/m1/s1. The minimum atomic E-state index is -0.510. The summed E-state index contributed by atoms with van der Waals surface area (Å²) in [5, 5.41) is 0. The lowest BCUT2D eigenvalue weighted by Crippen LogP contribution is -2.42. The summed E-state index contributed by atoms with van der Waals surface area (Å²) in [5.41, 5.74) is 0. The second kappa shape index (κ2) is 3.51. The van der Waals surface area contributed by atoms with Crippen molar-refractivity contribution in [3.8, 4) is 0 Å². The summed E-state index contributed by atoms with van der Waals surface area (Å²) in [6.07, 6.45) is 0.324. The van der Waals surface area contributed by atoms with Crippen molar-refractivity contribution in [3.63, 3.8) is 0 Å². The quantitative estimate of drug-likeness (QED) is 0.507. The van der Waals surface area contributed by atoms with Crippen molar-refractivity contribution in [1.29, 1.82) is 0 Å². The molecule has 4 heteroatoms. The number of hydrogen-bond donors (Lipinski definition) is 0. The monoisotopic (exact) mass is 147 g/mol. The maximum Gasteiger partial charge on any atom is 0.209 e. The highest BCUT2D eigenvalue weighted by atomic mass is 19.1. The van der Waals surface area contributed by atoms with Gasteiger partial charge in [0.15, 0.2) is 0 Å². The van der Waals surface area contributed by atoms with E-state index in [1.54, 1.807) is 0 Å². The Morgan fingerprint density at radius 1 is 1.80 bits per heavy atom. The zero-order valence-corrected chi connectivity index (χ0v) is 5.62. The van der Waals surface area contributed by atoms with Crippen LogP contribution in [0.1, 0.15) is 0 Å². The third-order valence-electron chi connectivity index (χ3n) is 1.49. The van der Waals surface area contributed by atoms with Crippen molar-refractivity contribution >= 4 is 6.41 Å². The summed E-state index contributed by atoms with van der Waals surface area (Å²) in [4.78, 5) is 11.7. The topological polar surface area (TPSA) is 29.5 Å². The zero-order valence-electron chi connectivity index (χ0n) is 5.62. The summed E-state index contributed by atoms with van der Waals surface area (Å²) in [6.45, 7) is 0.914. The molecule has 0 saturated carbocycles. The number of rotatable bonds is 2. The van der Waals surface area contributed by atoms with E-state index < -0.39 is 12.8 Å². The second-order valence-corrected chi connectivity index (χ2v) is 2.25. The van der Waals surface area contributed by atoms with Gasteiger partial charge in [-0.05, 0) is 0 Å². The number of amides is 1. The number of halogens is 1. The molecule has 0 aromatic heterocycles. The van der Waals surface area contributed by atoms with E-state index >= 15 is 0 Å². The van der Waals surface area contributed by atoms with Gasteiger partial charge in [-0.1, -0.05) is 0 Å². The molecule has 3 nitrogen and oxygen atoms in total. The van der Waals surface area contributed by atoms with E-state index in [1.807, 2.05) is 0 Å². The number of nitrogens with zero attached hydrogens (tertiary/aromatic N) is 1. The highest BCUT2D eigenvalue weighted by Crippen LogP contribution is 2.02. The minimum Gasteiger partial charge on any atom is -0.372 e. The first kappa shape index (κ1) is 7.47. The minimum absolute atomic E-state index is 0.389. The normalized spacial score (nSPS) is 26.5. The van der Waals surface area contributed by atoms with Crippen LogP contribution in [0.2, 0.25) is 0 Å². The lowest BCUT2D eigenvalue weighted by molar-refractivity contribution is -0.125. The van der Waals surface area contributed by atoms with Crippen molar-refractivity contribution in [1.82, 2.24) is 4.90 Å². The van der Waals surface area contributed by atoms with Gasteiger partial charge in [0.2, 0.25) is 6.41 Å². The lowest BCUT2D eigenvalue weighted by Gasteiger charge is -2.28. The van der Waals surface area contributed by atoms with Gasteiger partial charge in [0.05, 0.1) is 6.61 Å². The van der Waals surface area contributed by atoms with Gasteiger partial charge < -0.3 is 9.64 Å². The van der Waals surface area contributed by atoms with Crippen molar-refractivity contribution in [3.05, 3.63) is 0 Å². The average molecular weight is 147 g/mol. The molecule has 10 heavy (non-hydrogen) atoms. The molecule has 1 amide bonds. The van der Waals surface area contributed by atoms with Gasteiger partial charge >= 0.3 is 0 Å². The van der Waals surface area contributed by atoms with Crippen LogP contribution in [-0.2, 0) is 9.53 Å². The Labute approximate surface area is 58.8 Å². The Kier molecular flexibility index (Phi) is 2.62. The zero-order chi connectivity index (χ0) is 7.40. The lowest BCUT2D eigenvalue weighted by atomic mass is 10.3. The second-order valence-electron chi connectivity index (χ2n) is 2.25. The van der Waals surface area contributed by atoms with Gasteiger partial charge in [0, 0.05) is 13.1 Å². The van der Waals surface area contributed by atoms with Gasteiger partial charge in [-0.2, -0.15) is 0 Å². The predicted molar refractivity (Wildman–Crippen MR) is 33.4 cm³/mol. The first-order valence-electron chi connectivity index (χ1n) is 3.23. The van der Waals surface area contributed by atoms with Crippen LogP contribution in [0.15, 0.2) is 0 Å². The summed E-state index contributed by atoms with van der Waals surface area (Å²) >= 11 is 0. The Morgan fingerprint density at radius 2 is 2.60 bits per heavy atom. The highest BCUT2D eigenvalue weighted by Gasteiger charge is 2.18. The molecule has 1 heterocycles. The maximum atomic E-state index is 11.9. The van der Waals surface area contributed by atoms with Gasteiger partial charge in [-0.15, -0.1) is 0 Å². The molecule has 58 valence electrons. The van der Waals surface area contributed by atoms with Gasteiger partial charge in [-0.25, -0.2) is 4.39 Å². The Morgan fingerprint density at radius 3 is 3.20 bits per heavy atom. The third-order valence-corrected chi connectivity index (χ3v) is 1.49. The molecule has 1 atom stereocenters. The van der Waals surface area contributed by atoms with Crippen LogP contribution in [0.25, 0.3) is 0 Å². The van der Waals surface area contributed by atoms with Crippen molar-refractivity contribution < 1.29 is 13.9 Å². The molecule has 0 bridgehead atoms. The molecule has 1 rings (SSSR count). The fraction of sp³-hybridized carbons (Fsp3) is 0.833. The number of morpholine rings is 1. The fourth-order valence-corrected chi connectivity index (χ4v) is 0.931. The molecule has 0 aliphatic carbocycles. The van der Waals surface area contributed by atoms with E-state index in [2.05, 4.69) is 0 Å². The Balaban J connectivity index is 2.31. The number of carbonyl (C=O) groups is 1. The maximum absolute atomic E-state index is 11.9. The summed E-state index contributed by atoms with van der Waals surface area (Å²) in [5.74, 6) is 0. The van der Waals surface area contributed by atoms with Crippen molar-refractivity contribution in [2.45, 2.75) is 6.10 Å². The molecule has 0 aromatic rings. The molecule has 0 spiro atoms. The molecule has 1 saturated heterocycles. The van der Waals surface area contributed by atoms with Gasteiger partial charge in [0.1, 0.15) is 12.8 Å². The molecule has 0 aromatic carbocycles. The smallest absolute Gasteiger partial charge is 0.209 e. The molecule has 1 fully saturated rings. The van der Waals surface area contributed by atoms with Gasteiger partial charge in [-0.3, -0.25) is 4.79 Å². The van der Waals surface area contributed by atoms with Crippen LogP contribution in [-0.4, -0.2) is 43.8 Å². The van der Waals surface area contributed by atoms with E-state index in [0.29, 0.717) is 19.7 Å². The SMILES string of the molecule is O=CN1CCO[C@H](CF)C1. The van der Waals surface area contributed by atoms with Crippen LogP contribution in [0.3, 0.4) is 0 Å². The first-order chi connectivity index (χ1) is 4.86. The number of hydrogen-bond acceptors (Lipinski definition) is 2. The molecule has 1 aliphatic heterocycles. The fourth-order valence-electron chi connectivity index (χ4n) is 0.931. The molecule has 0 N–H and O–H groups in total. The number of alkyl halides is 1. The highest BCUT2D eigenvalue weighted by molar-refractivity contribution is 5.47. The number of ether oxygens (including phenoxy) is 1. The summed E-state index contributed by atoms with van der Waals surface area (Å²) in [6, 6.07) is 0. The van der Waals surface area contributed by atoms with Crippen LogP contribution in [0.5, 0.6) is 0 Å². The van der Waals surface area contributed by atoms with Crippen LogP contribution in [0.4, 0.5) is 4.39 Å². The van der Waals surface area contributed by atoms with E-state index in [4.69, 9.17) is 4.74 Å². The van der Waals surface area contributed by atoms with E-state index in [-0.39, 0.29) is 0 Å². The van der Waals surface area contributed by atoms with Crippen LogP contribution in [0, 0.1) is 0 Å². The summed E-state index contributed by atoms with van der Waals surface area (Å²) < 4.78 is 16.9. The first-order valence-corrected chi connectivity index (χ1v) is 3.23. The predicted octanol–water partition coefficient (Wildman–Crippen LogP) is -0.187. The molecular weight excluding hydrogens is 137 g/mol. The third kappa shape index (κ3) is 1.67. The Bertz CT molecular complexity index is 120. The van der Waals surface area contributed by atoms with Crippen molar-refractivity contribution in [2.24, 2.45) is 0 Å². The molecule has 0 radical (unpaired) electrons. The Hall–Kier alpha value is -0.640. The molecule has 1 aliphatic rings. The van der Waals surface area contributed by atoms with E-state index in [0.717, 1.165) is 6.41 Å².